The normalized spacial score (nSPS) is 30.8. The van der Waals surface area contributed by atoms with E-state index >= 15 is 0 Å². The third kappa shape index (κ3) is 2.77. The molecule has 3 atom stereocenters. The van der Waals surface area contributed by atoms with Crippen LogP contribution in [0.25, 0.3) is 0 Å². The van der Waals surface area contributed by atoms with Gasteiger partial charge in [0.1, 0.15) is 12.0 Å². The first kappa shape index (κ1) is 15.5. The van der Waals surface area contributed by atoms with Crippen LogP contribution >= 0.6 is 0 Å². The van der Waals surface area contributed by atoms with Gasteiger partial charge in [-0.15, -0.1) is 0 Å². The van der Waals surface area contributed by atoms with Gasteiger partial charge >= 0.3 is 5.97 Å². The molecule has 0 amide bonds. The molecule has 2 aliphatic rings. The lowest BCUT2D eigenvalue weighted by atomic mass is 9.96. The number of piperidine rings is 1. The van der Waals surface area contributed by atoms with Crippen LogP contribution in [0.4, 0.5) is 0 Å². The number of aliphatic hydroxyl groups is 1. The standard InChI is InChI=1S/C18H26NO3/c1-19(2)14-8-9-15(19)11-16(10-14)22-18(21)17(12-20)13-6-4-3-5-7-13/h3-7,14-17,20H,8-12H2,1-2H3/q+1/t14-,15-,17+/m1/s1. The first-order valence-electron chi connectivity index (χ1n) is 8.22. The third-order valence-corrected chi connectivity index (χ3v) is 5.74. The van der Waals surface area contributed by atoms with Crippen molar-refractivity contribution in [3.63, 3.8) is 0 Å². The number of benzene rings is 1. The zero-order chi connectivity index (χ0) is 15.7. The van der Waals surface area contributed by atoms with Gasteiger partial charge in [0.15, 0.2) is 0 Å². The Hall–Kier alpha value is -1.39. The minimum atomic E-state index is -0.566. The zero-order valence-corrected chi connectivity index (χ0v) is 13.4. The van der Waals surface area contributed by atoms with E-state index < -0.39 is 5.92 Å². The van der Waals surface area contributed by atoms with Gasteiger partial charge in [0, 0.05) is 25.7 Å². The van der Waals surface area contributed by atoms with Crippen molar-refractivity contribution in [2.24, 2.45) is 0 Å². The fourth-order valence-corrected chi connectivity index (χ4v) is 4.17. The molecular weight excluding hydrogens is 278 g/mol. The number of aliphatic hydroxyl groups excluding tert-OH is 1. The largest absolute Gasteiger partial charge is 0.461 e. The maximum absolute atomic E-state index is 12.5. The second-order valence-corrected chi connectivity index (χ2v) is 7.19. The molecule has 22 heavy (non-hydrogen) atoms. The highest BCUT2D eigenvalue weighted by molar-refractivity contribution is 5.78. The Morgan fingerprint density at radius 2 is 1.82 bits per heavy atom. The summed E-state index contributed by atoms with van der Waals surface area (Å²) < 4.78 is 6.83. The van der Waals surface area contributed by atoms with Crippen molar-refractivity contribution in [2.45, 2.75) is 49.8 Å². The molecule has 1 aromatic carbocycles. The molecule has 4 nitrogen and oxygen atoms in total. The number of hydrogen-bond donors (Lipinski definition) is 1. The summed E-state index contributed by atoms with van der Waals surface area (Å²) >= 11 is 0. The monoisotopic (exact) mass is 304 g/mol. The van der Waals surface area contributed by atoms with Crippen molar-refractivity contribution in [3.8, 4) is 0 Å². The van der Waals surface area contributed by atoms with Crippen LogP contribution in [0, 0.1) is 0 Å². The van der Waals surface area contributed by atoms with E-state index in [4.69, 9.17) is 4.74 Å². The Kier molecular flexibility index (Phi) is 4.24. The number of hydrogen-bond acceptors (Lipinski definition) is 3. The first-order chi connectivity index (χ1) is 10.5. The molecule has 3 rings (SSSR count). The third-order valence-electron chi connectivity index (χ3n) is 5.74. The number of carbonyl (C=O) groups excluding carboxylic acids is 1. The van der Waals surface area contributed by atoms with Gasteiger partial charge < -0.3 is 14.3 Å². The average molecular weight is 304 g/mol. The quantitative estimate of drug-likeness (QED) is 0.684. The summed E-state index contributed by atoms with van der Waals surface area (Å²) in [6, 6.07) is 10.6. The van der Waals surface area contributed by atoms with Crippen molar-refractivity contribution in [2.75, 3.05) is 20.7 Å². The van der Waals surface area contributed by atoms with Gasteiger partial charge in [0.2, 0.25) is 0 Å². The Morgan fingerprint density at radius 1 is 1.23 bits per heavy atom. The van der Waals surface area contributed by atoms with Crippen LogP contribution in [0.5, 0.6) is 0 Å². The Morgan fingerprint density at radius 3 is 2.36 bits per heavy atom. The summed E-state index contributed by atoms with van der Waals surface area (Å²) in [5.41, 5.74) is 0.824. The summed E-state index contributed by atoms with van der Waals surface area (Å²) in [7, 11) is 4.59. The molecular formula is C18H26NO3+. The lowest BCUT2D eigenvalue weighted by Crippen LogP contribution is -2.56. The molecule has 4 heteroatoms. The number of quaternary nitrogens is 1. The van der Waals surface area contributed by atoms with Crippen molar-refractivity contribution in [1.29, 1.82) is 0 Å². The molecule has 0 spiro atoms. The molecule has 0 radical (unpaired) electrons. The van der Waals surface area contributed by atoms with Gasteiger partial charge in [-0.05, 0) is 5.56 Å². The van der Waals surface area contributed by atoms with E-state index in [0.717, 1.165) is 22.9 Å². The fourth-order valence-electron chi connectivity index (χ4n) is 4.17. The molecule has 1 N–H and O–H groups in total. The highest BCUT2D eigenvalue weighted by Crippen LogP contribution is 2.40. The minimum absolute atomic E-state index is 0.00825. The van der Waals surface area contributed by atoms with Gasteiger partial charge in [-0.3, -0.25) is 4.79 Å². The van der Waals surface area contributed by atoms with Gasteiger partial charge in [-0.25, -0.2) is 0 Å². The number of ether oxygens (including phenoxy) is 1. The van der Waals surface area contributed by atoms with E-state index in [1.165, 1.54) is 12.8 Å². The van der Waals surface area contributed by atoms with Crippen LogP contribution in [0.3, 0.4) is 0 Å². The smallest absolute Gasteiger partial charge is 0.316 e. The van der Waals surface area contributed by atoms with Gasteiger partial charge in [-0.1, -0.05) is 30.3 Å². The van der Waals surface area contributed by atoms with Crippen molar-refractivity contribution in [1.82, 2.24) is 0 Å². The molecule has 2 aliphatic heterocycles. The molecule has 120 valence electrons. The number of rotatable bonds is 4. The maximum Gasteiger partial charge on any atom is 0.316 e. The van der Waals surface area contributed by atoms with Crippen LogP contribution in [0.1, 0.15) is 37.2 Å². The van der Waals surface area contributed by atoms with Crippen LogP contribution in [-0.2, 0) is 9.53 Å². The number of carbonyl (C=O) groups is 1. The van der Waals surface area contributed by atoms with E-state index in [1.54, 1.807) is 0 Å². The summed E-state index contributed by atoms with van der Waals surface area (Å²) in [5.74, 6) is -0.853. The first-order valence-corrected chi connectivity index (χ1v) is 8.22. The maximum atomic E-state index is 12.5. The molecule has 1 aromatic rings. The Balaban J connectivity index is 1.65. The van der Waals surface area contributed by atoms with Crippen molar-refractivity contribution < 1.29 is 19.1 Å². The lowest BCUT2D eigenvalue weighted by molar-refractivity contribution is -0.931. The van der Waals surface area contributed by atoms with E-state index in [9.17, 15) is 9.90 Å². The molecule has 0 aliphatic carbocycles. The Bertz CT molecular complexity index is 512. The van der Waals surface area contributed by atoms with Crippen LogP contribution in [-0.4, -0.2) is 54.4 Å². The molecule has 2 heterocycles. The molecule has 0 saturated carbocycles. The van der Waals surface area contributed by atoms with Gasteiger partial charge in [0.25, 0.3) is 0 Å². The number of nitrogens with zero attached hydrogens (tertiary/aromatic N) is 1. The van der Waals surface area contributed by atoms with E-state index in [-0.39, 0.29) is 18.7 Å². The van der Waals surface area contributed by atoms with Crippen LogP contribution < -0.4 is 0 Å². The van der Waals surface area contributed by atoms with E-state index in [0.29, 0.717) is 12.1 Å². The highest BCUT2D eigenvalue weighted by atomic mass is 16.5. The summed E-state index contributed by atoms with van der Waals surface area (Å²) in [5, 5.41) is 9.57. The second kappa shape index (κ2) is 6.01. The zero-order valence-electron chi connectivity index (χ0n) is 13.4. The van der Waals surface area contributed by atoms with Gasteiger partial charge in [0.05, 0.1) is 32.8 Å². The fraction of sp³-hybridized carbons (Fsp3) is 0.611. The lowest BCUT2D eigenvalue weighted by Gasteiger charge is -2.44. The van der Waals surface area contributed by atoms with Crippen molar-refractivity contribution in [3.05, 3.63) is 35.9 Å². The molecule has 0 unspecified atom stereocenters. The van der Waals surface area contributed by atoms with Crippen molar-refractivity contribution >= 4 is 5.97 Å². The summed E-state index contributed by atoms with van der Waals surface area (Å²) in [6.45, 7) is -0.204. The predicted molar refractivity (Wildman–Crippen MR) is 84.3 cm³/mol. The van der Waals surface area contributed by atoms with Gasteiger partial charge in [-0.2, -0.15) is 0 Å². The molecule has 0 aromatic heterocycles. The van der Waals surface area contributed by atoms with E-state index in [2.05, 4.69) is 14.1 Å². The number of fused-ring (bicyclic) bond motifs is 2. The van der Waals surface area contributed by atoms with Crippen LogP contribution in [0.2, 0.25) is 0 Å². The average Bonchev–Trinajstić information content (AvgIpc) is 2.68. The SMILES string of the molecule is C[N+]1(C)[C@@H]2CC[C@@H]1CC(OC(=O)[C@@H](CO)c1ccccc1)C2. The molecule has 2 bridgehead atoms. The Labute approximate surface area is 132 Å². The van der Waals surface area contributed by atoms with Crippen LogP contribution in [0.15, 0.2) is 30.3 Å². The summed E-state index contributed by atoms with van der Waals surface area (Å²) in [4.78, 5) is 12.5. The molecule has 2 fully saturated rings. The number of esters is 1. The van der Waals surface area contributed by atoms with E-state index in [1.807, 2.05) is 30.3 Å². The second-order valence-electron chi connectivity index (χ2n) is 7.19. The minimum Gasteiger partial charge on any atom is -0.461 e. The molecule has 2 saturated heterocycles. The topological polar surface area (TPSA) is 46.5 Å². The predicted octanol–water partition coefficient (Wildman–Crippen LogP) is 2.08. The summed E-state index contributed by atoms with van der Waals surface area (Å²) in [6.07, 6.45) is 4.36. The highest BCUT2D eigenvalue weighted by Gasteiger charge is 2.50.